The van der Waals surface area contributed by atoms with Gasteiger partial charge in [-0.25, -0.2) is 4.39 Å². The van der Waals surface area contributed by atoms with E-state index in [9.17, 15) is 4.39 Å². The zero-order chi connectivity index (χ0) is 11.2. The molecule has 88 valence electrons. The minimum atomic E-state index is -0.167. The van der Waals surface area contributed by atoms with Crippen LogP contribution in [0.15, 0.2) is 24.3 Å². The van der Waals surface area contributed by atoms with Crippen LogP contribution in [0.4, 0.5) is 4.39 Å². The molecule has 0 spiro atoms. The normalized spacial score (nSPS) is 17.6. The Morgan fingerprint density at radius 2 is 2.12 bits per heavy atom. The molecule has 1 heterocycles. The fourth-order valence-electron chi connectivity index (χ4n) is 2.00. The van der Waals surface area contributed by atoms with Crippen molar-refractivity contribution in [1.82, 2.24) is 5.32 Å². The Bertz CT molecular complexity index is 323. The van der Waals surface area contributed by atoms with Crippen molar-refractivity contribution >= 4 is 0 Å². The Balaban J connectivity index is 1.71. The number of hydrogen-bond donors (Lipinski definition) is 1. The second-order valence-electron chi connectivity index (χ2n) is 4.20. The zero-order valence-electron chi connectivity index (χ0n) is 9.42. The third kappa shape index (κ3) is 3.58. The van der Waals surface area contributed by atoms with Crippen LogP contribution in [-0.4, -0.2) is 25.8 Å². The summed E-state index contributed by atoms with van der Waals surface area (Å²) in [6.07, 6.45) is 3.35. The quantitative estimate of drug-likeness (QED) is 0.844. The lowest BCUT2D eigenvalue weighted by Crippen LogP contribution is -2.32. The molecule has 0 atom stereocenters. The van der Waals surface area contributed by atoms with Crippen LogP contribution in [0.3, 0.4) is 0 Å². The molecule has 2 rings (SSSR count). The molecule has 0 radical (unpaired) electrons. The molecule has 1 aliphatic heterocycles. The first-order valence-corrected chi connectivity index (χ1v) is 5.91. The number of hydrogen-bond acceptors (Lipinski definition) is 2. The first kappa shape index (κ1) is 11.6. The van der Waals surface area contributed by atoms with Gasteiger partial charge in [0.15, 0.2) is 0 Å². The summed E-state index contributed by atoms with van der Waals surface area (Å²) in [6, 6.07) is 6.73. The average molecular weight is 223 g/mol. The maximum absolute atomic E-state index is 12.9. The van der Waals surface area contributed by atoms with E-state index < -0.39 is 0 Å². The van der Waals surface area contributed by atoms with Gasteiger partial charge in [-0.2, -0.15) is 0 Å². The number of rotatable bonds is 4. The third-order valence-electron chi connectivity index (χ3n) is 2.92. The molecule has 1 aliphatic rings. The smallest absolute Gasteiger partial charge is 0.123 e. The fraction of sp³-hybridized carbons (Fsp3) is 0.538. The molecule has 0 aromatic heterocycles. The molecule has 1 aromatic carbocycles. The van der Waals surface area contributed by atoms with Gasteiger partial charge in [-0.3, -0.25) is 0 Å². The molecule has 0 aliphatic carbocycles. The molecule has 16 heavy (non-hydrogen) atoms. The Labute approximate surface area is 95.8 Å². The van der Waals surface area contributed by atoms with Crippen molar-refractivity contribution in [1.29, 1.82) is 0 Å². The van der Waals surface area contributed by atoms with Crippen LogP contribution in [0.1, 0.15) is 18.4 Å². The van der Waals surface area contributed by atoms with E-state index in [4.69, 9.17) is 4.74 Å². The predicted octanol–water partition coefficient (Wildman–Crippen LogP) is 2.14. The summed E-state index contributed by atoms with van der Waals surface area (Å²) in [4.78, 5) is 0. The molecule has 1 aromatic rings. The van der Waals surface area contributed by atoms with Gasteiger partial charge >= 0.3 is 0 Å². The van der Waals surface area contributed by atoms with Crippen LogP contribution in [0.25, 0.3) is 0 Å². The fourth-order valence-corrected chi connectivity index (χ4v) is 2.00. The highest BCUT2D eigenvalue weighted by Crippen LogP contribution is 2.09. The molecule has 0 unspecified atom stereocenters. The number of nitrogens with one attached hydrogen (secondary N) is 1. The lowest BCUT2D eigenvalue weighted by molar-refractivity contribution is 0.0349. The SMILES string of the molecule is Fc1cccc(CCOC2CCNCC2)c1. The summed E-state index contributed by atoms with van der Waals surface area (Å²) in [5.74, 6) is -0.167. The minimum Gasteiger partial charge on any atom is -0.378 e. The van der Waals surface area contributed by atoms with Crippen LogP contribution in [0.2, 0.25) is 0 Å². The Hall–Kier alpha value is -0.930. The van der Waals surface area contributed by atoms with Crippen LogP contribution in [0, 0.1) is 5.82 Å². The molecule has 0 bridgehead atoms. The van der Waals surface area contributed by atoms with Crippen LogP contribution >= 0.6 is 0 Å². The molecule has 0 saturated carbocycles. The van der Waals surface area contributed by atoms with E-state index in [1.54, 1.807) is 12.1 Å². The monoisotopic (exact) mass is 223 g/mol. The van der Waals surface area contributed by atoms with E-state index in [-0.39, 0.29) is 5.82 Å². The number of halogens is 1. The van der Waals surface area contributed by atoms with Crippen molar-refractivity contribution < 1.29 is 9.13 Å². The van der Waals surface area contributed by atoms with Crippen molar-refractivity contribution in [2.75, 3.05) is 19.7 Å². The van der Waals surface area contributed by atoms with Gasteiger partial charge < -0.3 is 10.1 Å². The second kappa shape index (κ2) is 5.97. The second-order valence-corrected chi connectivity index (χ2v) is 4.20. The highest BCUT2D eigenvalue weighted by Gasteiger charge is 2.12. The Kier molecular flexibility index (Phi) is 4.31. The zero-order valence-corrected chi connectivity index (χ0v) is 9.42. The molecule has 0 amide bonds. The van der Waals surface area contributed by atoms with Crippen molar-refractivity contribution in [2.24, 2.45) is 0 Å². The first-order valence-electron chi connectivity index (χ1n) is 5.91. The van der Waals surface area contributed by atoms with E-state index in [1.807, 2.05) is 6.07 Å². The van der Waals surface area contributed by atoms with Gasteiger partial charge in [-0.15, -0.1) is 0 Å². The standard InChI is InChI=1S/C13H18FNO/c14-12-3-1-2-11(10-12)6-9-16-13-4-7-15-8-5-13/h1-3,10,13,15H,4-9H2. The van der Waals surface area contributed by atoms with Crippen LogP contribution < -0.4 is 5.32 Å². The minimum absolute atomic E-state index is 0.167. The number of piperidine rings is 1. The maximum atomic E-state index is 12.9. The predicted molar refractivity (Wildman–Crippen MR) is 61.9 cm³/mol. The van der Waals surface area contributed by atoms with Crippen molar-refractivity contribution in [3.05, 3.63) is 35.6 Å². The molecular formula is C13H18FNO. The Morgan fingerprint density at radius 3 is 2.88 bits per heavy atom. The van der Waals surface area contributed by atoms with Crippen LogP contribution in [-0.2, 0) is 11.2 Å². The Morgan fingerprint density at radius 1 is 1.31 bits per heavy atom. The van der Waals surface area contributed by atoms with Gasteiger partial charge in [0.1, 0.15) is 5.82 Å². The summed E-state index contributed by atoms with van der Waals surface area (Å²) in [6.45, 7) is 2.78. The summed E-state index contributed by atoms with van der Waals surface area (Å²) in [5.41, 5.74) is 1.01. The third-order valence-corrected chi connectivity index (χ3v) is 2.92. The largest absolute Gasteiger partial charge is 0.378 e. The molecule has 2 nitrogen and oxygen atoms in total. The summed E-state index contributed by atoms with van der Waals surface area (Å²) in [5, 5.41) is 3.30. The van der Waals surface area contributed by atoms with Crippen molar-refractivity contribution in [3.63, 3.8) is 0 Å². The topological polar surface area (TPSA) is 21.3 Å². The summed E-state index contributed by atoms with van der Waals surface area (Å²) >= 11 is 0. The molecule has 1 fully saturated rings. The molecule has 3 heteroatoms. The highest BCUT2D eigenvalue weighted by molar-refractivity contribution is 5.16. The van der Waals surface area contributed by atoms with Crippen LogP contribution in [0.5, 0.6) is 0 Å². The lowest BCUT2D eigenvalue weighted by atomic mass is 10.1. The van der Waals surface area contributed by atoms with Gasteiger partial charge in [0, 0.05) is 0 Å². The lowest BCUT2D eigenvalue weighted by Gasteiger charge is -2.22. The van der Waals surface area contributed by atoms with E-state index in [0.717, 1.165) is 37.9 Å². The van der Waals surface area contributed by atoms with Crippen molar-refractivity contribution in [2.45, 2.75) is 25.4 Å². The van der Waals surface area contributed by atoms with E-state index in [2.05, 4.69) is 5.32 Å². The highest BCUT2D eigenvalue weighted by atomic mass is 19.1. The first-order chi connectivity index (χ1) is 7.84. The van der Waals surface area contributed by atoms with Gasteiger partial charge in [0.2, 0.25) is 0 Å². The van der Waals surface area contributed by atoms with Gasteiger partial charge in [0.05, 0.1) is 12.7 Å². The molecular weight excluding hydrogens is 205 g/mol. The molecule has 1 N–H and O–H groups in total. The van der Waals surface area contributed by atoms with Gasteiger partial charge in [0.25, 0.3) is 0 Å². The van der Waals surface area contributed by atoms with E-state index in [0.29, 0.717) is 12.7 Å². The molecule has 1 saturated heterocycles. The number of benzene rings is 1. The summed E-state index contributed by atoms with van der Waals surface area (Å²) in [7, 11) is 0. The average Bonchev–Trinajstić information content (AvgIpc) is 2.30. The van der Waals surface area contributed by atoms with E-state index in [1.165, 1.54) is 6.07 Å². The maximum Gasteiger partial charge on any atom is 0.123 e. The number of ether oxygens (including phenoxy) is 1. The van der Waals surface area contributed by atoms with Gasteiger partial charge in [-0.1, -0.05) is 12.1 Å². The summed E-state index contributed by atoms with van der Waals surface area (Å²) < 4.78 is 18.7. The van der Waals surface area contributed by atoms with Gasteiger partial charge in [-0.05, 0) is 50.0 Å². The van der Waals surface area contributed by atoms with E-state index >= 15 is 0 Å². The van der Waals surface area contributed by atoms with Crippen molar-refractivity contribution in [3.8, 4) is 0 Å².